The van der Waals surface area contributed by atoms with Crippen molar-refractivity contribution in [3.63, 3.8) is 0 Å². The van der Waals surface area contributed by atoms with Crippen LogP contribution in [-0.2, 0) is 0 Å². The van der Waals surface area contributed by atoms with Crippen LogP contribution in [0.1, 0.15) is 23.0 Å². The summed E-state index contributed by atoms with van der Waals surface area (Å²) in [5.74, 6) is 0.634. The number of benzene rings is 2. The highest BCUT2D eigenvalue weighted by Gasteiger charge is 2.31. The van der Waals surface area contributed by atoms with Crippen LogP contribution < -0.4 is 10.1 Å². The molecule has 2 aromatic carbocycles. The van der Waals surface area contributed by atoms with Crippen molar-refractivity contribution in [3.05, 3.63) is 77.4 Å². The third kappa shape index (κ3) is 5.05. The first-order valence-corrected chi connectivity index (χ1v) is 12.9. The van der Waals surface area contributed by atoms with E-state index in [1.807, 2.05) is 49.6 Å². The number of urea groups is 1. The monoisotopic (exact) mass is 516 g/mol. The molecule has 0 spiro atoms. The van der Waals surface area contributed by atoms with Gasteiger partial charge in [-0.3, -0.25) is 4.79 Å². The van der Waals surface area contributed by atoms with Gasteiger partial charge in [0.1, 0.15) is 5.75 Å². The summed E-state index contributed by atoms with van der Waals surface area (Å²) in [4.78, 5) is 34.5. The van der Waals surface area contributed by atoms with Crippen molar-refractivity contribution in [1.82, 2.24) is 24.6 Å². The molecule has 1 aliphatic rings. The summed E-state index contributed by atoms with van der Waals surface area (Å²) in [5.41, 5.74) is 3.89. The maximum Gasteiger partial charge on any atom is 0.322 e. The minimum absolute atomic E-state index is 0.0920. The van der Waals surface area contributed by atoms with Gasteiger partial charge in [-0.2, -0.15) is 5.10 Å². The predicted molar refractivity (Wildman–Crippen MR) is 143 cm³/mol. The Morgan fingerprint density at radius 1 is 1.08 bits per heavy atom. The number of thiazole rings is 1. The molecule has 9 nitrogen and oxygen atoms in total. The lowest BCUT2D eigenvalue weighted by Crippen LogP contribution is -2.56. The van der Waals surface area contributed by atoms with Crippen LogP contribution in [0, 0.1) is 6.92 Å². The van der Waals surface area contributed by atoms with Crippen LogP contribution in [0.25, 0.3) is 16.4 Å². The Morgan fingerprint density at radius 3 is 2.54 bits per heavy atom. The molecule has 5 rings (SSSR count). The summed E-state index contributed by atoms with van der Waals surface area (Å²) < 4.78 is 6.88. The average Bonchev–Trinajstić information content (AvgIpc) is 3.56. The molecule has 0 aliphatic carbocycles. The van der Waals surface area contributed by atoms with E-state index in [4.69, 9.17) is 9.72 Å². The Kier molecular flexibility index (Phi) is 6.91. The standard InChI is InChI=1S/C27H28N6O3S/c1-18-16-31(13-14-32(18)26(35)29-21-9-11-22(36-3)12-10-21)25(34)23-15-28-33(19(23)2)27-30-24(17-37-27)20-7-5-4-6-8-20/h4-12,15,17-18H,13-14,16H2,1-3H3,(H,29,35). The number of aromatic nitrogens is 3. The lowest BCUT2D eigenvalue weighted by molar-refractivity contribution is 0.0591. The zero-order valence-corrected chi connectivity index (χ0v) is 21.7. The fourth-order valence-electron chi connectivity index (χ4n) is 4.40. The number of nitrogens with one attached hydrogen (secondary N) is 1. The van der Waals surface area contributed by atoms with E-state index in [9.17, 15) is 9.59 Å². The van der Waals surface area contributed by atoms with Crippen molar-refractivity contribution < 1.29 is 14.3 Å². The first-order valence-electron chi connectivity index (χ1n) is 12.0. The number of anilines is 1. The molecule has 4 aromatic rings. The smallest absolute Gasteiger partial charge is 0.322 e. The van der Waals surface area contributed by atoms with Crippen molar-refractivity contribution in [3.8, 4) is 22.1 Å². The normalized spacial score (nSPS) is 15.5. The van der Waals surface area contributed by atoms with Gasteiger partial charge in [0.25, 0.3) is 5.91 Å². The van der Waals surface area contributed by atoms with Gasteiger partial charge in [0, 0.05) is 42.3 Å². The lowest BCUT2D eigenvalue weighted by Gasteiger charge is -2.39. The van der Waals surface area contributed by atoms with Crippen LogP contribution in [0.4, 0.5) is 10.5 Å². The summed E-state index contributed by atoms with van der Waals surface area (Å²) in [6, 6.07) is 16.8. The van der Waals surface area contributed by atoms with Crippen LogP contribution in [0.5, 0.6) is 5.75 Å². The van der Waals surface area contributed by atoms with E-state index in [0.717, 1.165) is 22.7 Å². The summed E-state index contributed by atoms with van der Waals surface area (Å²) in [5, 5.41) is 10.1. The van der Waals surface area contributed by atoms with Gasteiger partial charge in [0.2, 0.25) is 5.13 Å². The molecule has 1 unspecified atom stereocenters. The van der Waals surface area contributed by atoms with Crippen LogP contribution in [0.2, 0.25) is 0 Å². The minimum Gasteiger partial charge on any atom is -0.497 e. The number of carbonyl (C=O) groups is 2. The van der Waals surface area contributed by atoms with Crippen LogP contribution in [0.3, 0.4) is 0 Å². The molecule has 1 aliphatic heterocycles. The van der Waals surface area contributed by atoms with Crippen molar-refractivity contribution in [2.24, 2.45) is 0 Å². The summed E-state index contributed by atoms with van der Waals surface area (Å²) >= 11 is 1.49. The zero-order valence-electron chi connectivity index (χ0n) is 20.9. The number of rotatable bonds is 5. The van der Waals surface area contributed by atoms with E-state index in [1.54, 1.807) is 52.1 Å². The fraction of sp³-hybridized carbons (Fsp3) is 0.259. The quantitative estimate of drug-likeness (QED) is 0.415. The van der Waals surface area contributed by atoms with Crippen molar-refractivity contribution in [1.29, 1.82) is 0 Å². The van der Waals surface area contributed by atoms with Crippen molar-refractivity contribution in [2.75, 3.05) is 32.1 Å². The van der Waals surface area contributed by atoms with Crippen molar-refractivity contribution >= 4 is 29.0 Å². The lowest BCUT2D eigenvalue weighted by atomic mass is 10.1. The van der Waals surface area contributed by atoms with E-state index in [1.165, 1.54) is 11.3 Å². The third-order valence-electron chi connectivity index (χ3n) is 6.50. The van der Waals surface area contributed by atoms with E-state index in [0.29, 0.717) is 36.0 Å². The first-order chi connectivity index (χ1) is 17.9. The van der Waals surface area contributed by atoms with Crippen LogP contribution >= 0.6 is 11.3 Å². The fourth-order valence-corrected chi connectivity index (χ4v) is 5.24. The van der Waals surface area contributed by atoms with Gasteiger partial charge in [-0.25, -0.2) is 14.5 Å². The average molecular weight is 517 g/mol. The number of piperazine rings is 1. The molecule has 10 heteroatoms. The Bertz CT molecular complexity index is 1400. The minimum atomic E-state index is -0.188. The molecule has 3 heterocycles. The number of amides is 3. The van der Waals surface area contributed by atoms with E-state index >= 15 is 0 Å². The van der Waals surface area contributed by atoms with Gasteiger partial charge in [-0.05, 0) is 38.1 Å². The number of methoxy groups -OCH3 is 1. The molecule has 0 bridgehead atoms. The van der Waals surface area contributed by atoms with Gasteiger partial charge >= 0.3 is 6.03 Å². The number of nitrogens with zero attached hydrogens (tertiary/aromatic N) is 5. The van der Waals surface area contributed by atoms with E-state index < -0.39 is 0 Å². The largest absolute Gasteiger partial charge is 0.497 e. The Labute approximate surface area is 219 Å². The predicted octanol–water partition coefficient (Wildman–Crippen LogP) is 4.69. The maximum atomic E-state index is 13.4. The van der Waals surface area contributed by atoms with Gasteiger partial charge < -0.3 is 19.9 Å². The Hall–Kier alpha value is -4.18. The molecular weight excluding hydrogens is 488 g/mol. The summed E-state index contributed by atoms with van der Waals surface area (Å²) in [6.45, 7) is 5.15. The highest BCUT2D eigenvalue weighted by atomic mass is 32.1. The number of carbonyl (C=O) groups excluding carboxylic acids is 2. The molecule has 1 saturated heterocycles. The highest BCUT2D eigenvalue weighted by Crippen LogP contribution is 2.26. The van der Waals surface area contributed by atoms with E-state index in [2.05, 4.69) is 10.4 Å². The second kappa shape index (κ2) is 10.4. The molecule has 37 heavy (non-hydrogen) atoms. The van der Waals surface area contributed by atoms with Gasteiger partial charge in [-0.1, -0.05) is 30.3 Å². The molecule has 0 saturated carbocycles. The molecule has 0 radical (unpaired) electrons. The molecule has 1 N–H and O–H groups in total. The van der Waals surface area contributed by atoms with Gasteiger partial charge in [0.05, 0.1) is 30.3 Å². The molecule has 3 amide bonds. The maximum absolute atomic E-state index is 13.4. The molecule has 190 valence electrons. The Morgan fingerprint density at radius 2 is 1.84 bits per heavy atom. The number of ether oxygens (including phenoxy) is 1. The SMILES string of the molecule is COc1ccc(NC(=O)N2CCN(C(=O)c3cnn(-c4nc(-c5ccccc5)cs4)c3C)CC2C)cc1. The van der Waals surface area contributed by atoms with Gasteiger partial charge in [-0.15, -0.1) is 11.3 Å². The van der Waals surface area contributed by atoms with E-state index in [-0.39, 0.29) is 18.0 Å². The summed E-state index contributed by atoms with van der Waals surface area (Å²) in [7, 11) is 1.60. The zero-order chi connectivity index (χ0) is 25.9. The number of hydrogen-bond acceptors (Lipinski definition) is 6. The number of hydrogen-bond donors (Lipinski definition) is 1. The van der Waals surface area contributed by atoms with Crippen LogP contribution in [0.15, 0.2) is 66.2 Å². The topological polar surface area (TPSA) is 92.6 Å². The Balaban J connectivity index is 1.24. The van der Waals surface area contributed by atoms with Crippen molar-refractivity contribution in [2.45, 2.75) is 19.9 Å². The summed E-state index contributed by atoms with van der Waals surface area (Å²) in [6.07, 6.45) is 1.61. The van der Waals surface area contributed by atoms with Gasteiger partial charge in [0.15, 0.2) is 0 Å². The molecule has 1 atom stereocenters. The first kappa shape index (κ1) is 24.5. The molecular formula is C27H28N6O3S. The second-order valence-corrected chi connectivity index (χ2v) is 9.73. The molecule has 2 aromatic heterocycles. The highest BCUT2D eigenvalue weighted by molar-refractivity contribution is 7.12. The second-order valence-electron chi connectivity index (χ2n) is 8.89. The third-order valence-corrected chi connectivity index (χ3v) is 7.32. The molecule has 1 fully saturated rings. The van der Waals surface area contributed by atoms with Crippen LogP contribution in [-0.4, -0.2) is 69.3 Å².